The van der Waals surface area contributed by atoms with Crippen molar-refractivity contribution in [2.45, 2.75) is 6.42 Å². The third-order valence-corrected chi connectivity index (χ3v) is 1.26. The van der Waals surface area contributed by atoms with Gasteiger partial charge >= 0.3 is 0 Å². The lowest BCUT2D eigenvalue weighted by atomic mass is 10.4. The number of hydrogen-bond donors (Lipinski definition) is 1. The van der Waals surface area contributed by atoms with E-state index in [1.54, 1.807) is 5.51 Å². The van der Waals surface area contributed by atoms with E-state index in [9.17, 15) is 0 Å². The molecule has 0 radical (unpaired) electrons. The highest BCUT2D eigenvalue weighted by molar-refractivity contribution is 7.03. The van der Waals surface area contributed by atoms with Crippen LogP contribution in [0.5, 0.6) is 0 Å². The van der Waals surface area contributed by atoms with Crippen LogP contribution in [-0.2, 0) is 6.42 Å². The molecular weight excluding hydrogens is 124 g/mol. The van der Waals surface area contributed by atoms with Crippen LogP contribution in [0.25, 0.3) is 0 Å². The molecule has 0 bridgehead atoms. The van der Waals surface area contributed by atoms with Crippen LogP contribution < -0.4 is 0 Å². The quantitative estimate of drug-likeness (QED) is 0.616. The van der Waals surface area contributed by atoms with E-state index < -0.39 is 0 Å². The molecule has 1 N–H and O–H groups in total. The zero-order chi connectivity index (χ0) is 5.82. The van der Waals surface area contributed by atoms with Crippen molar-refractivity contribution in [1.29, 1.82) is 0 Å². The molecule has 1 aromatic heterocycles. The summed E-state index contributed by atoms with van der Waals surface area (Å²) in [6.07, 6.45) is 0.573. The fourth-order valence-electron chi connectivity index (χ4n) is 0.403. The fourth-order valence-corrected chi connectivity index (χ4v) is 0.879. The fraction of sp³-hybridized carbons (Fsp3) is 0.500. The topological polar surface area (TPSA) is 46.0 Å². The van der Waals surface area contributed by atoms with Gasteiger partial charge in [-0.25, -0.2) is 4.98 Å². The van der Waals surface area contributed by atoms with Crippen LogP contribution in [0.4, 0.5) is 0 Å². The molecular formula is C4H6N2OS. The first-order valence-electron chi connectivity index (χ1n) is 2.29. The van der Waals surface area contributed by atoms with Crippen molar-refractivity contribution in [3.05, 3.63) is 11.3 Å². The molecule has 0 amide bonds. The Morgan fingerprint density at radius 3 is 3.12 bits per heavy atom. The van der Waals surface area contributed by atoms with Gasteiger partial charge in [0.25, 0.3) is 0 Å². The van der Waals surface area contributed by atoms with E-state index in [2.05, 4.69) is 9.36 Å². The SMILES string of the molecule is OCCc1ncsn1. The molecule has 3 nitrogen and oxygen atoms in total. The number of aliphatic hydroxyl groups excluding tert-OH is 1. The molecule has 0 aliphatic rings. The van der Waals surface area contributed by atoms with Gasteiger partial charge in [0.1, 0.15) is 11.3 Å². The van der Waals surface area contributed by atoms with Gasteiger partial charge < -0.3 is 5.11 Å². The van der Waals surface area contributed by atoms with Gasteiger partial charge in [-0.05, 0) is 11.5 Å². The van der Waals surface area contributed by atoms with E-state index in [1.807, 2.05) is 0 Å². The number of nitrogens with zero attached hydrogens (tertiary/aromatic N) is 2. The summed E-state index contributed by atoms with van der Waals surface area (Å²) < 4.78 is 3.88. The summed E-state index contributed by atoms with van der Waals surface area (Å²) >= 11 is 1.31. The first-order valence-corrected chi connectivity index (χ1v) is 3.13. The molecule has 1 heterocycles. The molecule has 44 valence electrons. The zero-order valence-corrected chi connectivity index (χ0v) is 5.06. The summed E-state index contributed by atoms with van der Waals surface area (Å²) in [5.74, 6) is 0.734. The molecule has 8 heavy (non-hydrogen) atoms. The van der Waals surface area contributed by atoms with Gasteiger partial charge in [-0.2, -0.15) is 4.37 Å². The van der Waals surface area contributed by atoms with Crippen molar-refractivity contribution in [2.24, 2.45) is 0 Å². The van der Waals surface area contributed by atoms with Crippen molar-refractivity contribution < 1.29 is 5.11 Å². The highest BCUT2D eigenvalue weighted by atomic mass is 32.1. The Labute approximate surface area is 51.2 Å². The maximum Gasteiger partial charge on any atom is 0.144 e. The standard InChI is InChI=1S/C4H6N2OS/c7-2-1-4-5-3-8-6-4/h3,7H,1-2H2. The first-order chi connectivity index (χ1) is 3.93. The van der Waals surface area contributed by atoms with Crippen LogP contribution in [0.3, 0.4) is 0 Å². The highest BCUT2D eigenvalue weighted by Crippen LogP contribution is 1.92. The smallest absolute Gasteiger partial charge is 0.144 e. The largest absolute Gasteiger partial charge is 0.396 e. The molecule has 1 aromatic rings. The predicted molar refractivity (Wildman–Crippen MR) is 30.7 cm³/mol. The van der Waals surface area contributed by atoms with Crippen molar-refractivity contribution in [2.75, 3.05) is 6.61 Å². The van der Waals surface area contributed by atoms with Gasteiger partial charge in [-0.15, -0.1) is 0 Å². The Morgan fingerprint density at radius 1 is 1.75 bits per heavy atom. The summed E-state index contributed by atoms with van der Waals surface area (Å²) in [6, 6.07) is 0. The number of aliphatic hydroxyl groups is 1. The molecule has 0 saturated heterocycles. The molecule has 0 aliphatic carbocycles. The molecule has 0 spiro atoms. The van der Waals surface area contributed by atoms with Crippen LogP contribution in [0.2, 0.25) is 0 Å². The lowest BCUT2D eigenvalue weighted by Gasteiger charge is -1.82. The monoisotopic (exact) mass is 130 g/mol. The average molecular weight is 130 g/mol. The van der Waals surface area contributed by atoms with Crippen LogP contribution in [0.1, 0.15) is 5.82 Å². The summed E-state index contributed by atoms with van der Waals surface area (Å²) in [6.45, 7) is 0.136. The maximum absolute atomic E-state index is 8.36. The normalized spacial score (nSPS) is 9.62. The maximum atomic E-state index is 8.36. The summed E-state index contributed by atoms with van der Waals surface area (Å²) in [5, 5.41) is 8.36. The van der Waals surface area contributed by atoms with Crippen molar-refractivity contribution in [3.63, 3.8) is 0 Å². The lowest BCUT2D eigenvalue weighted by molar-refractivity contribution is 0.297. The minimum Gasteiger partial charge on any atom is -0.396 e. The van der Waals surface area contributed by atoms with Crippen LogP contribution in [0, 0.1) is 0 Å². The third-order valence-electron chi connectivity index (χ3n) is 0.742. The molecule has 0 fully saturated rings. The molecule has 0 saturated carbocycles. The summed E-state index contributed by atoms with van der Waals surface area (Å²) in [5.41, 5.74) is 1.66. The van der Waals surface area contributed by atoms with Crippen LogP contribution in [0.15, 0.2) is 5.51 Å². The van der Waals surface area contributed by atoms with Gasteiger partial charge in [0.05, 0.1) is 6.61 Å². The van der Waals surface area contributed by atoms with Gasteiger partial charge in [0.15, 0.2) is 0 Å². The van der Waals surface area contributed by atoms with E-state index >= 15 is 0 Å². The number of rotatable bonds is 2. The van der Waals surface area contributed by atoms with Gasteiger partial charge in [0, 0.05) is 6.42 Å². The Hall–Kier alpha value is -0.480. The van der Waals surface area contributed by atoms with Crippen molar-refractivity contribution in [3.8, 4) is 0 Å². The van der Waals surface area contributed by atoms with Crippen LogP contribution >= 0.6 is 11.5 Å². The number of hydrogen-bond acceptors (Lipinski definition) is 4. The predicted octanol–water partition coefficient (Wildman–Crippen LogP) is 0.0729. The average Bonchev–Trinajstić information content (AvgIpc) is 2.19. The molecule has 1 rings (SSSR count). The molecule has 0 aromatic carbocycles. The van der Waals surface area contributed by atoms with E-state index in [1.165, 1.54) is 11.5 Å². The van der Waals surface area contributed by atoms with E-state index in [0.29, 0.717) is 6.42 Å². The first kappa shape index (κ1) is 5.65. The van der Waals surface area contributed by atoms with Gasteiger partial charge in [-0.3, -0.25) is 0 Å². The second-order valence-corrected chi connectivity index (χ2v) is 1.93. The van der Waals surface area contributed by atoms with E-state index in [0.717, 1.165) is 5.82 Å². The summed E-state index contributed by atoms with van der Waals surface area (Å²) in [7, 11) is 0. The van der Waals surface area contributed by atoms with Crippen molar-refractivity contribution >= 4 is 11.5 Å². The Balaban J connectivity index is 2.50. The van der Waals surface area contributed by atoms with Gasteiger partial charge in [0.2, 0.25) is 0 Å². The Kier molecular flexibility index (Phi) is 1.93. The molecule has 0 aliphatic heterocycles. The zero-order valence-electron chi connectivity index (χ0n) is 4.24. The van der Waals surface area contributed by atoms with E-state index in [-0.39, 0.29) is 6.61 Å². The minimum atomic E-state index is 0.136. The highest BCUT2D eigenvalue weighted by Gasteiger charge is 1.91. The molecule has 4 heteroatoms. The summed E-state index contributed by atoms with van der Waals surface area (Å²) in [4.78, 5) is 3.85. The lowest BCUT2D eigenvalue weighted by Crippen LogP contribution is -1.91. The van der Waals surface area contributed by atoms with Crippen molar-refractivity contribution in [1.82, 2.24) is 9.36 Å². The second kappa shape index (κ2) is 2.74. The molecule has 0 unspecified atom stereocenters. The second-order valence-electron chi connectivity index (χ2n) is 1.32. The minimum absolute atomic E-state index is 0.136. The molecule has 0 atom stereocenters. The third kappa shape index (κ3) is 1.24. The Morgan fingerprint density at radius 2 is 2.62 bits per heavy atom. The van der Waals surface area contributed by atoms with Gasteiger partial charge in [-0.1, -0.05) is 0 Å². The number of aromatic nitrogens is 2. The van der Waals surface area contributed by atoms with Crippen LogP contribution in [-0.4, -0.2) is 21.1 Å². The van der Waals surface area contributed by atoms with E-state index in [4.69, 9.17) is 5.11 Å². The Bertz CT molecular complexity index is 140.